The molecule has 0 atom stereocenters. The molecule has 0 nitrogen and oxygen atoms in total. The molecule has 0 aliphatic rings. The molecule has 0 N–H and O–H groups in total. The Labute approximate surface area is 58.5 Å². The molecule has 0 fully saturated rings. The van der Waals surface area contributed by atoms with E-state index in [-0.39, 0.29) is 0 Å². The fourth-order valence-electron chi connectivity index (χ4n) is 0.282. The highest BCUT2D eigenvalue weighted by atomic mass is 19.3. The van der Waals surface area contributed by atoms with Gasteiger partial charge in [-0.2, -0.15) is 17.6 Å². The maximum Gasteiger partial charge on any atom is 0.372 e. The number of rotatable bonds is 3. The Kier molecular flexibility index (Phi) is 2.58. The minimum absolute atomic E-state index is 0.501. The third-order valence-corrected chi connectivity index (χ3v) is 0.975. The maximum absolute atomic E-state index is 11.8. The van der Waals surface area contributed by atoms with Crippen LogP contribution in [0.2, 0.25) is 0 Å². The van der Waals surface area contributed by atoms with Crippen LogP contribution in [0.4, 0.5) is 26.3 Å². The van der Waals surface area contributed by atoms with Crippen molar-refractivity contribution in [2.75, 3.05) is 0 Å². The molecule has 0 amide bonds. The van der Waals surface area contributed by atoms with Crippen LogP contribution in [-0.4, -0.2) is 18.3 Å². The number of allylic oxidation sites excluding steroid dienone is 1. The normalized spacial score (nSPS) is 13.7. The average Bonchev–Trinajstić information content (AvgIpc) is 1.87. The Morgan fingerprint density at radius 3 is 1.55 bits per heavy atom. The second-order valence-electron chi connectivity index (χ2n) is 1.75. The van der Waals surface area contributed by atoms with Crippen LogP contribution in [0, 0.1) is 0 Å². The van der Waals surface area contributed by atoms with Crippen LogP contribution in [-0.2, 0) is 0 Å². The predicted molar refractivity (Wildman–Crippen MR) is 26.1 cm³/mol. The number of hydrogen-bond donors (Lipinski definition) is 0. The topological polar surface area (TPSA) is 0 Å². The molecule has 11 heavy (non-hydrogen) atoms. The van der Waals surface area contributed by atoms with Gasteiger partial charge >= 0.3 is 18.3 Å². The number of hydrogen-bond acceptors (Lipinski definition) is 0. The van der Waals surface area contributed by atoms with Crippen LogP contribution in [0.25, 0.3) is 0 Å². The van der Waals surface area contributed by atoms with E-state index in [2.05, 4.69) is 6.58 Å². The smallest absolute Gasteiger partial charge is 0.203 e. The van der Waals surface area contributed by atoms with Gasteiger partial charge < -0.3 is 0 Å². The summed E-state index contributed by atoms with van der Waals surface area (Å²) in [4.78, 5) is 0. The van der Waals surface area contributed by atoms with Crippen LogP contribution in [0.3, 0.4) is 0 Å². The highest BCUT2D eigenvalue weighted by Crippen LogP contribution is 2.39. The van der Waals surface area contributed by atoms with Crippen LogP contribution in [0.15, 0.2) is 12.7 Å². The summed E-state index contributed by atoms with van der Waals surface area (Å²) in [7, 11) is 0. The van der Waals surface area contributed by atoms with Gasteiger partial charge in [0.1, 0.15) is 0 Å². The van der Waals surface area contributed by atoms with E-state index in [9.17, 15) is 26.3 Å². The Balaban J connectivity index is 4.66. The van der Waals surface area contributed by atoms with Crippen LogP contribution in [0.1, 0.15) is 0 Å². The first kappa shape index (κ1) is 10.3. The molecule has 0 bridgehead atoms. The second-order valence-corrected chi connectivity index (χ2v) is 1.75. The van der Waals surface area contributed by atoms with Gasteiger partial charge in [-0.25, -0.2) is 8.78 Å². The summed E-state index contributed by atoms with van der Waals surface area (Å²) >= 11 is 0. The lowest BCUT2D eigenvalue weighted by Gasteiger charge is -2.22. The molecule has 0 aliphatic heterocycles. The van der Waals surface area contributed by atoms with Crippen molar-refractivity contribution in [3.8, 4) is 0 Å². The molecule has 0 radical (unpaired) electrons. The van der Waals surface area contributed by atoms with Crippen molar-refractivity contribution >= 4 is 0 Å². The van der Waals surface area contributed by atoms with E-state index in [1.165, 1.54) is 0 Å². The predicted octanol–water partition coefficient (Wildman–Crippen LogP) is 2.71. The van der Waals surface area contributed by atoms with Crippen molar-refractivity contribution in [1.29, 1.82) is 0 Å². The minimum atomic E-state index is -5.34. The van der Waals surface area contributed by atoms with Gasteiger partial charge in [-0.1, -0.05) is 6.58 Å². The van der Waals surface area contributed by atoms with Gasteiger partial charge in [0.05, 0.1) is 0 Å². The number of alkyl halides is 6. The van der Waals surface area contributed by atoms with E-state index in [0.29, 0.717) is 0 Å². The first-order chi connectivity index (χ1) is 4.75. The standard InChI is InChI=1S/C5H4F6/c1-2-4(8,9)5(10,11)3(6)7/h2-3H,1H2. The van der Waals surface area contributed by atoms with E-state index < -0.39 is 24.3 Å². The summed E-state index contributed by atoms with van der Waals surface area (Å²) in [6, 6.07) is 0. The van der Waals surface area contributed by atoms with Crippen molar-refractivity contribution in [2.45, 2.75) is 18.3 Å². The highest BCUT2D eigenvalue weighted by molar-refractivity contribution is 4.99. The summed E-state index contributed by atoms with van der Waals surface area (Å²) in [5, 5.41) is 0. The van der Waals surface area contributed by atoms with Crippen molar-refractivity contribution in [2.24, 2.45) is 0 Å². The average molecular weight is 178 g/mol. The summed E-state index contributed by atoms with van der Waals surface area (Å²) in [5.74, 6) is -10.2. The Morgan fingerprint density at radius 1 is 1.09 bits per heavy atom. The summed E-state index contributed by atoms with van der Waals surface area (Å²) in [5.41, 5.74) is 0. The maximum atomic E-state index is 11.8. The quantitative estimate of drug-likeness (QED) is 0.460. The van der Waals surface area contributed by atoms with Crippen molar-refractivity contribution < 1.29 is 26.3 Å². The molecule has 0 saturated carbocycles. The van der Waals surface area contributed by atoms with E-state index in [4.69, 9.17) is 0 Å². The van der Waals surface area contributed by atoms with Crippen LogP contribution in [0.5, 0.6) is 0 Å². The molecule has 66 valence electrons. The third-order valence-electron chi connectivity index (χ3n) is 0.975. The zero-order chi connectivity index (χ0) is 9.28. The fourth-order valence-corrected chi connectivity index (χ4v) is 0.282. The van der Waals surface area contributed by atoms with Gasteiger partial charge in [0, 0.05) is 0 Å². The molecule has 6 heteroatoms. The summed E-state index contributed by atoms with van der Waals surface area (Å²) in [6.45, 7) is 2.32. The van der Waals surface area contributed by atoms with Gasteiger partial charge in [-0.3, -0.25) is 0 Å². The van der Waals surface area contributed by atoms with E-state index in [0.717, 1.165) is 0 Å². The van der Waals surface area contributed by atoms with Gasteiger partial charge in [-0.15, -0.1) is 0 Å². The molecular weight excluding hydrogens is 174 g/mol. The second kappa shape index (κ2) is 2.75. The fraction of sp³-hybridized carbons (Fsp3) is 0.600. The highest BCUT2D eigenvalue weighted by Gasteiger charge is 2.60. The molecule has 0 saturated heterocycles. The molecule has 0 unspecified atom stereocenters. The monoisotopic (exact) mass is 178 g/mol. The SMILES string of the molecule is C=CC(F)(F)C(F)(F)C(F)F. The zero-order valence-electron chi connectivity index (χ0n) is 5.13. The van der Waals surface area contributed by atoms with Gasteiger partial charge in [0.2, 0.25) is 0 Å². The lowest BCUT2D eigenvalue weighted by atomic mass is 10.2. The molecule has 0 rings (SSSR count). The summed E-state index contributed by atoms with van der Waals surface area (Å²) < 4.78 is 69.6. The van der Waals surface area contributed by atoms with Crippen molar-refractivity contribution in [3.63, 3.8) is 0 Å². The molecule has 0 aromatic heterocycles. The van der Waals surface area contributed by atoms with Crippen LogP contribution < -0.4 is 0 Å². The largest absolute Gasteiger partial charge is 0.372 e. The Morgan fingerprint density at radius 2 is 1.45 bits per heavy atom. The van der Waals surface area contributed by atoms with E-state index in [1.54, 1.807) is 0 Å². The van der Waals surface area contributed by atoms with Crippen molar-refractivity contribution in [1.82, 2.24) is 0 Å². The Bertz CT molecular complexity index is 149. The lowest BCUT2D eigenvalue weighted by Crippen LogP contribution is -2.44. The van der Waals surface area contributed by atoms with Gasteiger partial charge in [0.25, 0.3) is 0 Å². The lowest BCUT2D eigenvalue weighted by molar-refractivity contribution is -0.241. The number of halogens is 6. The van der Waals surface area contributed by atoms with Gasteiger partial charge in [0.15, 0.2) is 0 Å². The minimum Gasteiger partial charge on any atom is -0.203 e. The first-order valence-corrected chi connectivity index (χ1v) is 2.43. The van der Waals surface area contributed by atoms with Gasteiger partial charge in [-0.05, 0) is 6.08 Å². The molecular formula is C5H4F6. The summed E-state index contributed by atoms with van der Waals surface area (Å²) in [6.07, 6.45) is -4.89. The molecule has 0 spiro atoms. The van der Waals surface area contributed by atoms with E-state index in [1.807, 2.05) is 0 Å². The molecule has 0 aliphatic carbocycles. The first-order valence-electron chi connectivity index (χ1n) is 2.43. The zero-order valence-corrected chi connectivity index (χ0v) is 5.13. The van der Waals surface area contributed by atoms with Crippen molar-refractivity contribution in [3.05, 3.63) is 12.7 Å². The third kappa shape index (κ3) is 1.66. The van der Waals surface area contributed by atoms with Crippen LogP contribution >= 0.6 is 0 Å². The van der Waals surface area contributed by atoms with E-state index >= 15 is 0 Å². The molecule has 0 heterocycles. The molecule has 0 aromatic rings. The Hall–Kier alpha value is -0.680. The molecule has 0 aromatic carbocycles.